The van der Waals surface area contributed by atoms with Gasteiger partial charge in [-0.3, -0.25) is 4.79 Å². The number of carbonyl (C=O) groups excluding carboxylic acids is 2. The van der Waals surface area contributed by atoms with Crippen molar-refractivity contribution in [3.63, 3.8) is 0 Å². The van der Waals surface area contributed by atoms with E-state index in [0.29, 0.717) is 23.7 Å². The summed E-state index contributed by atoms with van der Waals surface area (Å²) >= 11 is 0. The minimum Gasteiger partial charge on any atom is -0.462 e. The lowest BCUT2D eigenvalue weighted by atomic mass is 10.2. The third-order valence-corrected chi connectivity index (χ3v) is 3.40. The third kappa shape index (κ3) is 5.82. The van der Waals surface area contributed by atoms with E-state index in [0.717, 1.165) is 13.1 Å². The Morgan fingerprint density at radius 1 is 1.12 bits per heavy atom. The molecule has 138 valence electrons. The molecule has 0 fully saturated rings. The van der Waals surface area contributed by atoms with Gasteiger partial charge in [0, 0.05) is 18.8 Å². The normalized spacial score (nSPS) is 10.5. The van der Waals surface area contributed by atoms with E-state index >= 15 is 0 Å². The van der Waals surface area contributed by atoms with Crippen molar-refractivity contribution in [1.82, 2.24) is 14.9 Å². The van der Waals surface area contributed by atoms with Gasteiger partial charge in [-0.1, -0.05) is 0 Å². The molecule has 0 radical (unpaired) electrons. The molecule has 1 heterocycles. The molecule has 2 rings (SSSR count). The van der Waals surface area contributed by atoms with Crippen molar-refractivity contribution in [2.45, 2.75) is 6.92 Å². The van der Waals surface area contributed by atoms with Crippen molar-refractivity contribution >= 4 is 23.4 Å². The molecule has 0 aliphatic rings. The number of hydrogen-bond donors (Lipinski definition) is 2. The molecule has 8 nitrogen and oxygen atoms in total. The number of amides is 1. The number of esters is 1. The van der Waals surface area contributed by atoms with Gasteiger partial charge in [0.05, 0.1) is 24.6 Å². The van der Waals surface area contributed by atoms with Crippen molar-refractivity contribution < 1.29 is 14.3 Å². The van der Waals surface area contributed by atoms with E-state index in [1.807, 2.05) is 14.1 Å². The Hall–Kier alpha value is -3.00. The maximum Gasteiger partial charge on any atom is 0.338 e. The van der Waals surface area contributed by atoms with Crippen LogP contribution in [0.15, 0.2) is 36.7 Å². The molecule has 0 atom stereocenters. The van der Waals surface area contributed by atoms with Crippen LogP contribution in [-0.4, -0.2) is 60.5 Å². The maximum atomic E-state index is 12.2. The zero-order valence-electron chi connectivity index (χ0n) is 15.2. The standard InChI is InChI=1S/C18H23N5O3/c1-4-26-18(25)13-5-7-14(8-6-13)22-17(24)15-11-21-16(12-20-15)19-9-10-23(2)3/h5-8,11-12H,4,9-10H2,1-3H3,(H,19,21)(H,22,24). The maximum absolute atomic E-state index is 12.2. The van der Waals surface area contributed by atoms with E-state index in [-0.39, 0.29) is 11.6 Å². The zero-order valence-corrected chi connectivity index (χ0v) is 15.2. The topological polar surface area (TPSA) is 96.4 Å². The predicted octanol–water partition coefficient (Wildman–Crippen LogP) is 1.88. The summed E-state index contributed by atoms with van der Waals surface area (Å²) in [6, 6.07) is 6.46. The summed E-state index contributed by atoms with van der Waals surface area (Å²) in [6.45, 7) is 3.66. The Labute approximate surface area is 152 Å². The summed E-state index contributed by atoms with van der Waals surface area (Å²) in [5.41, 5.74) is 1.19. The largest absolute Gasteiger partial charge is 0.462 e. The van der Waals surface area contributed by atoms with E-state index in [9.17, 15) is 9.59 Å². The third-order valence-electron chi connectivity index (χ3n) is 3.40. The molecule has 2 N–H and O–H groups in total. The average Bonchev–Trinajstić information content (AvgIpc) is 2.63. The second kappa shape index (κ2) is 9.47. The molecule has 0 spiro atoms. The van der Waals surface area contributed by atoms with Crippen molar-refractivity contribution in [2.75, 3.05) is 44.4 Å². The fraction of sp³-hybridized carbons (Fsp3) is 0.333. The number of ether oxygens (including phenoxy) is 1. The Kier molecular flexibility index (Phi) is 7.04. The zero-order chi connectivity index (χ0) is 18.9. The number of nitrogens with zero attached hydrogens (tertiary/aromatic N) is 3. The van der Waals surface area contributed by atoms with Crippen LogP contribution < -0.4 is 10.6 Å². The Morgan fingerprint density at radius 3 is 2.42 bits per heavy atom. The molecule has 1 aromatic carbocycles. The predicted molar refractivity (Wildman–Crippen MR) is 99.4 cm³/mol. The summed E-state index contributed by atoms with van der Waals surface area (Å²) in [6.07, 6.45) is 2.94. The minimum atomic E-state index is -0.395. The van der Waals surface area contributed by atoms with E-state index in [1.165, 1.54) is 12.4 Å². The fourth-order valence-electron chi connectivity index (χ4n) is 2.04. The van der Waals surface area contributed by atoms with Gasteiger partial charge in [-0.05, 0) is 45.3 Å². The number of carbonyl (C=O) groups is 2. The summed E-state index contributed by atoms with van der Waals surface area (Å²) in [5.74, 6) is -0.156. The Bertz CT molecular complexity index is 729. The van der Waals surface area contributed by atoms with Gasteiger partial charge in [0.1, 0.15) is 11.5 Å². The summed E-state index contributed by atoms with van der Waals surface area (Å²) in [5, 5.41) is 5.84. The Morgan fingerprint density at radius 2 is 1.85 bits per heavy atom. The van der Waals surface area contributed by atoms with Gasteiger partial charge >= 0.3 is 5.97 Å². The molecule has 0 saturated carbocycles. The molecule has 8 heteroatoms. The summed E-state index contributed by atoms with van der Waals surface area (Å²) in [4.78, 5) is 34.2. The van der Waals surface area contributed by atoms with Gasteiger partial charge in [-0.15, -0.1) is 0 Å². The van der Waals surface area contributed by atoms with E-state index in [4.69, 9.17) is 4.74 Å². The van der Waals surface area contributed by atoms with Gasteiger partial charge in [0.15, 0.2) is 0 Å². The quantitative estimate of drug-likeness (QED) is 0.696. The highest BCUT2D eigenvalue weighted by molar-refractivity contribution is 6.03. The smallest absolute Gasteiger partial charge is 0.338 e. The molecule has 0 unspecified atom stereocenters. The summed E-state index contributed by atoms with van der Waals surface area (Å²) < 4.78 is 4.92. The first-order chi connectivity index (χ1) is 12.5. The highest BCUT2D eigenvalue weighted by Crippen LogP contribution is 2.12. The Balaban J connectivity index is 1.91. The highest BCUT2D eigenvalue weighted by Gasteiger charge is 2.10. The van der Waals surface area contributed by atoms with Crippen molar-refractivity contribution in [3.05, 3.63) is 47.9 Å². The van der Waals surface area contributed by atoms with Crippen molar-refractivity contribution in [3.8, 4) is 0 Å². The van der Waals surface area contributed by atoms with Crippen molar-refractivity contribution in [2.24, 2.45) is 0 Å². The molecule has 1 aromatic heterocycles. The van der Waals surface area contributed by atoms with E-state index in [1.54, 1.807) is 31.2 Å². The van der Waals surface area contributed by atoms with E-state index < -0.39 is 5.97 Å². The van der Waals surface area contributed by atoms with Gasteiger partial charge in [-0.25, -0.2) is 14.8 Å². The number of likely N-dealkylation sites (N-methyl/N-ethyl adjacent to an activating group) is 1. The molecule has 2 aromatic rings. The first kappa shape index (κ1) is 19.3. The molecule has 0 aliphatic heterocycles. The van der Waals surface area contributed by atoms with Crippen LogP contribution in [0.2, 0.25) is 0 Å². The van der Waals surface area contributed by atoms with Crippen LogP contribution in [0, 0.1) is 0 Å². The molecule has 26 heavy (non-hydrogen) atoms. The van der Waals surface area contributed by atoms with Crippen LogP contribution in [0.1, 0.15) is 27.8 Å². The number of nitrogens with one attached hydrogen (secondary N) is 2. The molecule has 0 bridgehead atoms. The van der Waals surface area contributed by atoms with Gasteiger partial charge < -0.3 is 20.3 Å². The first-order valence-electron chi connectivity index (χ1n) is 8.28. The van der Waals surface area contributed by atoms with Gasteiger partial charge in [-0.2, -0.15) is 0 Å². The lowest BCUT2D eigenvalue weighted by molar-refractivity contribution is 0.0526. The lowest BCUT2D eigenvalue weighted by Crippen LogP contribution is -2.21. The van der Waals surface area contributed by atoms with Crippen LogP contribution in [0.5, 0.6) is 0 Å². The van der Waals surface area contributed by atoms with Crippen LogP contribution in [0.25, 0.3) is 0 Å². The number of hydrogen-bond acceptors (Lipinski definition) is 7. The second-order valence-electron chi connectivity index (χ2n) is 5.77. The fourth-order valence-corrected chi connectivity index (χ4v) is 2.04. The summed E-state index contributed by atoms with van der Waals surface area (Å²) in [7, 11) is 3.97. The number of rotatable bonds is 8. The highest BCUT2D eigenvalue weighted by atomic mass is 16.5. The molecular formula is C18H23N5O3. The molecule has 1 amide bonds. The van der Waals surface area contributed by atoms with Crippen LogP contribution in [-0.2, 0) is 4.74 Å². The number of aromatic nitrogens is 2. The van der Waals surface area contributed by atoms with Crippen LogP contribution in [0.3, 0.4) is 0 Å². The SMILES string of the molecule is CCOC(=O)c1ccc(NC(=O)c2cnc(NCCN(C)C)cn2)cc1. The molecule has 0 aliphatic carbocycles. The van der Waals surface area contributed by atoms with Crippen LogP contribution >= 0.6 is 0 Å². The van der Waals surface area contributed by atoms with Gasteiger partial charge in [0.2, 0.25) is 0 Å². The minimum absolute atomic E-state index is 0.206. The average molecular weight is 357 g/mol. The lowest BCUT2D eigenvalue weighted by Gasteiger charge is -2.10. The first-order valence-corrected chi connectivity index (χ1v) is 8.28. The monoisotopic (exact) mass is 357 g/mol. The molecular weight excluding hydrogens is 334 g/mol. The van der Waals surface area contributed by atoms with Gasteiger partial charge in [0.25, 0.3) is 5.91 Å². The molecule has 0 saturated heterocycles. The second-order valence-corrected chi connectivity index (χ2v) is 5.77. The van der Waals surface area contributed by atoms with Crippen LogP contribution in [0.4, 0.5) is 11.5 Å². The number of benzene rings is 1. The van der Waals surface area contributed by atoms with E-state index in [2.05, 4.69) is 25.5 Å². The van der Waals surface area contributed by atoms with Crippen molar-refractivity contribution in [1.29, 1.82) is 0 Å². The number of anilines is 2.